The molecule has 458 valence electrons. The number of hydrogen-bond acceptors (Lipinski definition) is 0. The third-order valence-corrected chi connectivity index (χ3v) is 618. The van der Waals surface area contributed by atoms with Crippen LogP contribution in [0.3, 0.4) is 0 Å². The first-order valence-electron chi connectivity index (χ1n) is 36.1. The van der Waals surface area contributed by atoms with Crippen LogP contribution >= 0.6 is 0 Å². The number of rotatable bonds is 28. The van der Waals surface area contributed by atoms with E-state index >= 15 is 0 Å². The van der Waals surface area contributed by atoms with Crippen molar-refractivity contribution in [2.75, 3.05) is 0 Å². The molecular weight excluding hydrogens is 1160 g/mol. The van der Waals surface area contributed by atoms with Gasteiger partial charge in [-0.05, 0) is 0 Å². The minimum atomic E-state index is -2.09. The van der Waals surface area contributed by atoms with Gasteiger partial charge in [0.05, 0.1) is 0 Å². The average molecular weight is 1310 g/mol. The zero-order valence-electron chi connectivity index (χ0n) is 60.5. The Hall–Kier alpha value is 3.04. The van der Waals surface area contributed by atoms with Crippen LogP contribution in [0.25, 0.3) is 0 Å². The van der Waals surface area contributed by atoms with Crippen LogP contribution in [0.5, 0.6) is 0 Å². The van der Waals surface area contributed by atoms with Crippen molar-refractivity contribution in [3.63, 3.8) is 0 Å². The standard InChI is InChI=1S/C64H146Si14/c1-37-55(27)69-65(47(11)12,48(13)14)66(49(15)16,50(17)18)70(69,56(28)38-2)74(60(32)42-6)73(69,59(31)41-5)77(63(35)45-9)75(61(33)43-7)71(57(29)39-3)67(51(19)20,52(21)22)68(53(23)24,54(25)26)72(71,58(30)40-4)76(75,62(34)44-8)78(74,77)64(36)46-10/h47-64H,37-46H2,1-36H3/t55-,56-,57-,58-,59-,60-,61-,62?,63-,64-,69?,70?,71?,72?,73?,74?,75?,76?,77?,78?/m0/s1. The van der Waals surface area contributed by atoms with Gasteiger partial charge in [0.25, 0.3) is 0 Å². The Labute approximate surface area is 503 Å². The van der Waals surface area contributed by atoms with Gasteiger partial charge in [-0.25, -0.2) is 0 Å². The molecule has 20 atom stereocenters. The summed E-state index contributed by atoms with van der Waals surface area (Å²) in [6, 6.07) is 0. The minimum Gasteiger partial charge on any atom is -0.0656 e. The Morgan fingerprint density at radius 2 is 0.218 bits per heavy atom. The van der Waals surface area contributed by atoms with Gasteiger partial charge in [-0.15, -0.1) is 0 Å². The topological polar surface area (TPSA) is 0 Å². The normalized spacial score (nSPS) is 42.2. The number of hydrogen-bond donors (Lipinski definition) is 0. The maximum Gasteiger partial charge on any atom is 0.0400 e. The molecule has 0 aromatic carbocycles. The highest BCUT2D eigenvalue weighted by Gasteiger charge is 3.31. The van der Waals surface area contributed by atoms with Gasteiger partial charge in [-0.2, -0.15) is 0 Å². The van der Waals surface area contributed by atoms with Gasteiger partial charge in [-0.3, -0.25) is 0 Å². The van der Waals surface area contributed by atoms with Crippen LogP contribution in [0.4, 0.5) is 0 Å². The Kier molecular flexibility index (Phi) is 19.7. The molecule has 6 heterocycles. The van der Waals surface area contributed by atoms with Crippen LogP contribution in [-0.2, 0) is 0 Å². The molecule has 0 bridgehead atoms. The highest BCUT2D eigenvalue weighted by molar-refractivity contribution is 8.81. The van der Waals surface area contributed by atoms with Crippen molar-refractivity contribution in [3.8, 4) is 0 Å². The Balaban J connectivity index is 2.40. The van der Waals surface area contributed by atoms with Gasteiger partial charge in [0.1, 0.15) is 0 Å². The van der Waals surface area contributed by atoms with Gasteiger partial charge in [0.2, 0.25) is 0 Å². The van der Waals surface area contributed by atoms with E-state index in [-0.39, 0.29) is 0 Å². The first-order valence-corrected chi connectivity index (χ1v) is 84.5. The predicted octanol–water partition coefficient (Wildman–Crippen LogP) is 23.1. The third kappa shape index (κ3) is 5.28. The van der Waals surface area contributed by atoms with Gasteiger partial charge >= 0.3 is 0 Å². The second-order valence-corrected chi connectivity index (χ2v) is 218. The van der Waals surface area contributed by atoms with Crippen LogP contribution in [0, 0.1) is 0 Å². The molecule has 6 saturated heterocycles. The number of fused-ring (bicyclic) bond motifs is 13. The highest BCUT2D eigenvalue weighted by atomic mass is 31.0. The van der Waals surface area contributed by atoms with E-state index in [9.17, 15) is 0 Å². The molecule has 6 aliphatic heterocycles. The highest BCUT2D eigenvalue weighted by Crippen LogP contribution is 3.04. The largest absolute Gasteiger partial charge is 0.0656 e. The van der Waals surface area contributed by atoms with Crippen LogP contribution in [0.15, 0.2) is 0 Å². The van der Waals surface area contributed by atoms with Crippen molar-refractivity contribution in [1.29, 1.82) is 0 Å². The molecule has 0 aliphatic carbocycles. The quantitative estimate of drug-likeness (QED) is 0.0685. The molecule has 0 spiro atoms. The molecule has 0 aromatic rings. The van der Waals surface area contributed by atoms with Gasteiger partial charge in [-0.1, -0.05) is 413 Å². The van der Waals surface area contributed by atoms with Crippen molar-refractivity contribution < 1.29 is 0 Å². The molecule has 6 rings (SSSR count). The molecule has 78 heavy (non-hydrogen) atoms. The summed E-state index contributed by atoms with van der Waals surface area (Å²) in [6.45, 7) is 92.7. The summed E-state index contributed by atoms with van der Waals surface area (Å²) in [5.74, 6) is 0. The Bertz CT molecular complexity index is 1850. The van der Waals surface area contributed by atoms with E-state index in [1.807, 2.05) is 0 Å². The fourth-order valence-corrected chi connectivity index (χ4v) is 1580. The SMILES string of the molecule is CCC(C)[Si]12[Si]3([C@@H](C)CC)[Si](C(C)C)(C(C)C)[Si](C(C)C)(C(C)C)[Si]3([C@@H](C)CC)[Si]1([C@@H](C)CC)[Si]1([C@@H](C)CC)[Si]2([C@@H](C)CC)[Si]2([C@@H](C)CC)[Si]3([C@@H](C)CC)[Si](C(C)C)(C(C)C)[Si](C(C)C)(C(C)C)[Si]3([C@@H](C)CC)[Si]21[C@@H](C)CC. The van der Waals surface area contributed by atoms with Crippen LogP contribution in [0.1, 0.15) is 313 Å². The van der Waals surface area contributed by atoms with Crippen molar-refractivity contribution in [3.05, 3.63) is 0 Å². The van der Waals surface area contributed by atoms with Crippen LogP contribution < -0.4 is 0 Å². The predicted molar refractivity (Wildman–Crippen MR) is 398 cm³/mol. The first kappa shape index (κ1) is 70.1. The molecular formula is C64H146Si14. The van der Waals surface area contributed by atoms with Gasteiger partial charge < -0.3 is 0 Å². The first-order chi connectivity index (χ1) is 36.1. The Morgan fingerprint density at radius 1 is 0.141 bits per heavy atom. The molecule has 0 N–H and O–H groups in total. The zero-order valence-corrected chi connectivity index (χ0v) is 74.5. The fourth-order valence-electron chi connectivity index (χ4n) is 35.3. The summed E-state index contributed by atoms with van der Waals surface area (Å²) in [7, 11) is -7.84. The summed E-state index contributed by atoms with van der Waals surface area (Å²) in [5.41, 5.74) is 19.6. The van der Waals surface area contributed by atoms with Gasteiger partial charge in [0, 0.05) is 94.7 Å². The maximum absolute atomic E-state index is 3.39. The Morgan fingerprint density at radius 3 is 0.295 bits per heavy atom. The van der Waals surface area contributed by atoms with Crippen molar-refractivity contribution in [1.82, 2.24) is 0 Å². The molecule has 0 saturated carbocycles. The zero-order chi connectivity index (χ0) is 60.5. The monoisotopic (exact) mass is 1310 g/mol. The van der Waals surface area contributed by atoms with Crippen LogP contribution in [0.2, 0.25) is 99.7 Å². The van der Waals surface area contributed by atoms with Crippen LogP contribution in [-0.4, -0.2) is 94.7 Å². The van der Waals surface area contributed by atoms with E-state index in [2.05, 4.69) is 249 Å². The molecule has 6 aliphatic rings. The van der Waals surface area contributed by atoms with E-state index in [0.29, 0.717) is 0 Å². The van der Waals surface area contributed by atoms with E-state index in [0.717, 1.165) is 88.7 Å². The van der Waals surface area contributed by atoms with E-state index in [1.54, 1.807) is 64.2 Å². The lowest BCUT2D eigenvalue weighted by Crippen LogP contribution is -3.56. The minimum absolute atomic E-state index is 1.01. The van der Waals surface area contributed by atoms with Crippen molar-refractivity contribution in [2.45, 2.75) is 413 Å². The fraction of sp³-hybridized carbons (Fsp3) is 1.00. The summed E-state index contributed by atoms with van der Waals surface area (Å²) in [5, 5.41) is 0. The molecule has 6 fully saturated rings. The van der Waals surface area contributed by atoms with E-state index < -0.39 is 94.7 Å². The van der Waals surface area contributed by atoms with Gasteiger partial charge in [0.15, 0.2) is 0 Å². The summed E-state index contributed by atoms with van der Waals surface area (Å²) in [4.78, 5) is 0. The lowest BCUT2D eigenvalue weighted by atomic mass is 10.4. The summed E-state index contributed by atoms with van der Waals surface area (Å²) in [6.07, 6.45) is 16.2. The summed E-state index contributed by atoms with van der Waals surface area (Å²) >= 11 is 0. The smallest absolute Gasteiger partial charge is 0.0400 e. The second kappa shape index (κ2) is 21.9. The van der Waals surface area contributed by atoms with E-state index in [1.165, 1.54) is 11.1 Å². The van der Waals surface area contributed by atoms with Crippen molar-refractivity contribution in [2.24, 2.45) is 0 Å². The average Bonchev–Trinajstić information content (AvgIpc) is 3.37. The lowest BCUT2D eigenvalue weighted by Gasteiger charge is -3.25. The molecule has 14 heteroatoms. The molecule has 11 unspecified atom stereocenters. The molecule has 0 radical (unpaired) electrons. The summed E-state index contributed by atoms with van der Waals surface area (Å²) < 4.78 is 0. The second-order valence-electron chi connectivity index (χ2n) is 33.9. The molecule has 0 aromatic heterocycles. The van der Waals surface area contributed by atoms with E-state index in [4.69, 9.17) is 0 Å². The van der Waals surface area contributed by atoms with Crippen molar-refractivity contribution >= 4 is 94.7 Å². The third-order valence-electron chi connectivity index (χ3n) is 32.9. The molecule has 0 nitrogen and oxygen atoms in total. The maximum atomic E-state index is 3.39. The molecule has 0 amide bonds. The lowest BCUT2D eigenvalue weighted by molar-refractivity contribution is 0.771.